The third-order valence-corrected chi connectivity index (χ3v) is 5.13. The zero-order valence-corrected chi connectivity index (χ0v) is 14.4. The number of hydrogen-bond acceptors (Lipinski definition) is 3. The van der Waals surface area contributed by atoms with Crippen molar-refractivity contribution in [3.63, 3.8) is 0 Å². The first kappa shape index (κ1) is 16.1. The van der Waals surface area contributed by atoms with Gasteiger partial charge in [-0.2, -0.15) is 0 Å². The molecule has 1 aliphatic heterocycles. The monoisotopic (exact) mass is 307 g/mol. The molecule has 1 fully saturated rings. The molecule has 2 heterocycles. The van der Waals surface area contributed by atoms with Crippen LogP contribution in [0.1, 0.15) is 33.4 Å². The van der Waals surface area contributed by atoms with Crippen molar-refractivity contribution < 1.29 is 9.39 Å². The number of ether oxygens (including phenoxy) is 1. The molecular formula is C18H23B2NO2. The number of hydrogen-bond donors (Lipinski definition) is 0. The molecule has 1 saturated heterocycles. The van der Waals surface area contributed by atoms with Crippen molar-refractivity contribution in [1.82, 2.24) is 4.98 Å². The van der Waals surface area contributed by atoms with Gasteiger partial charge in [0.25, 0.3) is 6.81 Å². The third kappa shape index (κ3) is 3.45. The molecule has 1 aromatic carbocycles. The normalized spacial score (nSPS) is 18.5. The minimum absolute atomic E-state index is 0.105. The maximum atomic E-state index is 6.27. The highest BCUT2D eigenvalue weighted by atomic mass is 16.5. The van der Waals surface area contributed by atoms with Gasteiger partial charge in [-0.15, -0.1) is 0 Å². The van der Waals surface area contributed by atoms with E-state index < -0.39 is 0 Å². The van der Waals surface area contributed by atoms with Crippen molar-refractivity contribution in [2.75, 3.05) is 0 Å². The molecule has 0 amide bonds. The van der Waals surface area contributed by atoms with E-state index in [4.69, 9.17) is 9.39 Å². The molecule has 0 atom stereocenters. The van der Waals surface area contributed by atoms with Crippen LogP contribution < -0.4 is 10.2 Å². The van der Waals surface area contributed by atoms with Gasteiger partial charge in [0, 0.05) is 11.8 Å². The van der Waals surface area contributed by atoms with Crippen LogP contribution in [0.2, 0.25) is 5.31 Å². The van der Waals surface area contributed by atoms with Gasteiger partial charge in [-0.25, -0.2) is 0 Å². The Bertz CT molecular complexity index is 640. The molecule has 0 radical (unpaired) electrons. The molecule has 0 spiro atoms. The zero-order valence-electron chi connectivity index (χ0n) is 14.4. The minimum Gasteiger partial charge on any atom is -0.487 e. The van der Waals surface area contributed by atoms with E-state index in [0.29, 0.717) is 6.61 Å². The van der Waals surface area contributed by atoms with Gasteiger partial charge in [0.05, 0.1) is 5.69 Å². The second-order valence-corrected chi connectivity index (χ2v) is 7.38. The van der Waals surface area contributed by atoms with Gasteiger partial charge in [0.1, 0.15) is 19.5 Å². The Morgan fingerprint density at radius 1 is 1.09 bits per heavy atom. The topological polar surface area (TPSA) is 31.4 Å². The maximum Gasteiger partial charge on any atom is 0.284 e. The van der Waals surface area contributed by atoms with E-state index in [2.05, 4.69) is 44.8 Å². The van der Waals surface area contributed by atoms with Crippen LogP contribution >= 0.6 is 0 Å². The summed E-state index contributed by atoms with van der Waals surface area (Å²) in [5.74, 6) is 0.857. The minimum atomic E-state index is -0.105. The van der Waals surface area contributed by atoms with E-state index in [-0.39, 0.29) is 17.7 Å². The van der Waals surface area contributed by atoms with Gasteiger partial charge < -0.3 is 9.39 Å². The molecule has 0 aliphatic carbocycles. The summed E-state index contributed by atoms with van der Waals surface area (Å²) in [6.45, 7) is 9.55. The Kier molecular flexibility index (Phi) is 4.24. The second-order valence-electron chi connectivity index (χ2n) is 7.38. The quantitative estimate of drug-likeness (QED) is 0.814. The average Bonchev–Trinajstić information content (AvgIpc) is 2.75. The van der Waals surface area contributed by atoms with Gasteiger partial charge in [-0.1, -0.05) is 37.5 Å². The van der Waals surface area contributed by atoms with Gasteiger partial charge >= 0.3 is 0 Å². The fourth-order valence-corrected chi connectivity index (χ4v) is 2.87. The van der Waals surface area contributed by atoms with E-state index in [1.807, 2.05) is 30.3 Å². The number of rotatable bonds is 4. The molecule has 3 nitrogen and oxygen atoms in total. The predicted molar refractivity (Wildman–Crippen MR) is 96.8 cm³/mol. The van der Waals surface area contributed by atoms with Crippen LogP contribution in [0.15, 0.2) is 48.7 Å². The Balaban J connectivity index is 1.64. The molecule has 118 valence electrons. The molecule has 1 aromatic heterocycles. The molecular weight excluding hydrogens is 284 g/mol. The fraction of sp³-hybridized carbons (Fsp3) is 0.389. The SMILES string of the molecule is CC1(C)BB(c2ccc(OCc3ccccn3)cc2)OC1(C)C. The van der Waals surface area contributed by atoms with Crippen molar-refractivity contribution in [3.05, 3.63) is 54.4 Å². The molecule has 5 heteroatoms. The molecule has 2 aromatic rings. The van der Waals surface area contributed by atoms with Crippen LogP contribution in [-0.4, -0.2) is 24.6 Å². The van der Waals surface area contributed by atoms with E-state index in [9.17, 15) is 0 Å². The van der Waals surface area contributed by atoms with Crippen LogP contribution in [0, 0.1) is 0 Å². The Labute approximate surface area is 139 Å². The zero-order chi connectivity index (χ0) is 16.5. The van der Waals surface area contributed by atoms with Crippen LogP contribution in [0.3, 0.4) is 0 Å². The highest BCUT2D eigenvalue weighted by Crippen LogP contribution is 2.45. The summed E-state index contributed by atoms with van der Waals surface area (Å²) < 4.78 is 12.1. The molecule has 0 N–H and O–H groups in total. The largest absolute Gasteiger partial charge is 0.487 e. The first-order valence-corrected chi connectivity index (χ1v) is 8.18. The van der Waals surface area contributed by atoms with Crippen LogP contribution in [0.4, 0.5) is 0 Å². The van der Waals surface area contributed by atoms with E-state index in [1.165, 1.54) is 5.46 Å². The first-order chi connectivity index (χ1) is 10.9. The highest BCUT2D eigenvalue weighted by molar-refractivity contribution is 7.17. The number of nitrogens with zero attached hydrogens (tertiary/aromatic N) is 1. The summed E-state index contributed by atoms with van der Waals surface area (Å²) in [6.07, 6.45) is 1.78. The van der Waals surface area contributed by atoms with Crippen molar-refractivity contribution in [3.8, 4) is 5.75 Å². The Hall–Kier alpha value is -1.74. The van der Waals surface area contributed by atoms with Crippen LogP contribution in [0.5, 0.6) is 5.75 Å². The lowest BCUT2D eigenvalue weighted by molar-refractivity contribution is 0.0881. The summed E-state index contributed by atoms with van der Waals surface area (Å²) in [7, 11) is 1.04. The second kappa shape index (κ2) is 6.04. The smallest absolute Gasteiger partial charge is 0.284 e. The summed E-state index contributed by atoms with van der Waals surface area (Å²) in [4.78, 5) is 4.26. The molecule has 3 rings (SSSR count). The molecule has 0 saturated carbocycles. The lowest BCUT2D eigenvalue weighted by Crippen LogP contribution is -2.36. The summed E-state index contributed by atoms with van der Waals surface area (Å²) in [5.41, 5.74) is 2.04. The van der Waals surface area contributed by atoms with E-state index in [1.54, 1.807) is 6.20 Å². The molecule has 0 bridgehead atoms. The Morgan fingerprint density at radius 3 is 2.39 bits per heavy atom. The third-order valence-electron chi connectivity index (χ3n) is 5.13. The summed E-state index contributed by atoms with van der Waals surface area (Å²) >= 11 is 0. The van der Waals surface area contributed by atoms with Crippen molar-refractivity contribution in [2.45, 2.75) is 45.2 Å². The summed E-state index contributed by atoms with van der Waals surface area (Å²) in [5, 5.41) is 0.172. The number of benzene rings is 1. The van der Waals surface area contributed by atoms with Gasteiger partial charge in [0.15, 0.2) is 0 Å². The maximum absolute atomic E-state index is 6.27. The average molecular weight is 307 g/mol. The molecule has 1 aliphatic rings. The van der Waals surface area contributed by atoms with Crippen LogP contribution in [-0.2, 0) is 11.3 Å². The Morgan fingerprint density at radius 2 is 1.83 bits per heavy atom. The number of aromatic nitrogens is 1. The lowest BCUT2D eigenvalue weighted by atomic mass is 9.23. The highest BCUT2D eigenvalue weighted by Gasteiger charge is 2.50. The predicted octanol–water partition coefficient (Wildman–Crippen LogP) is 2.80. The van der Waals surface area contributed by atoms with Crippen molar-refractivity contribution in [2.24, 2.45) is 0 Å². The van der Waals surface area contributed by atoms with Gasteiger partial charge in [0.2, 0.25) is 0 Å². The van der Waals surface area contributed by atoms with E-state index >= 15 is 0 Å². The van der Waals surface area contributed by atoms with Gasteiger partial charge in [-0.05, 0) is 43.4 Å². The lowest BCUT2D eigenvalue weighted by Gasteiger charge is -2.34. The van der Waals surface area contributed by atoms with E-state index in [0.717, 1.165) is 18.6 Å². The fourth-order valence-electron chi connectivity index (χ4n) is 2.87. The molecule has 23 heavy (non-hydrogen) atoms. The standard InChI is InChI=1S/C18H23B2NO2/c1-17(2)18(3,4)23-20(19-17)14-8-10-16(11-9-14)22-13-15-7-5-6-12-21-15/h5-12,19H,13H2,1-4H3. The number of pyridine rings is 1. The first-order valence-electron chi connectivity index (χ1n) is 8.18. The molecule has 0 unspecified atom stereocenters. The summed E-state index contributed by atoms with van der Waals surface area (Å²) in [6, 6.07) is 14.1. The van der Waals surface area contributed by atoms with Crippen LogP contribution in [0.25, 0.3) is 0 Å². The van der Waals surface area contributed by atoms with Crippen molar-refractivity contribution in [1.29, 1.82) is 0 Å². The van der Waals surface area contributed by atoms with Crippen molar-refractivity contribution >= 4 is 19.4 Å². The van der Waals surface area contributed by atoms with Gasteiger partial charge in [-0.3, -0.25) is 4.98 Å².